The number of nitrogens with zero attached hydrogens (tertiary/aromatic N) is 3. The van der Waals surface area contributed by atoms with Gasteiger partial charge in [-0.15, -0.1) is 0 Å². The number of rotatable bonds is 7. The van der Waals surface area contributed by atoms with Crippen molar-refractivity contribution in [2.75, 3.05) is 13.7 Å². The standard InChI is InChI=1S/C20H23N3O2/c1-15(2)10-11-25-19-9-8-16(12-20(19)24-3)13-22-23-14-21-17-6-4-5-7-18(17)23/h4-9,12-15H,10-11H2,1-3H3/b22-13-. The first-order chi connectivity index (χ1) is 12.2. The van der Waals surface area contributed by atoms with Crippen LogP contribution in [0.4, 0.5) is 0 Å². The van der Waals surface area contributed by atoms with Gasteiger partial charge in [0.15, 0.2) is 11.5 Å². The number of benzene rings is 2. The van der Waals surface area contributed by atoms with Crippen molar-refractivity contribution in [2.45, 2.75) is 20.3 Å². The largest absolute Gasteiger partial charge is 0.493 e. The molecule has 0 aliphatic heterocycles. The molecule has 0 bridgehead atoms. The summed E-state index contributed by atoms with van der Waals surface area (Å²) in [4.78, 5) is 4.33. The van der Waals surface area contributed by atoms with Gasteiger partial charge in [-0.3, -0.25) is 0 Å². The van der Waals surface area contributed by atoms with E-state index < -0.39 is 0 Å². The maximum Gasteiger partial charge on any atom is 0.161 e. The molecule has 0 aliphatic rings. The Morgan fingerprint density at radius 1 is 1.16 bits per heavy atom. The second kappa shape index (κ2) is 7.83. The topological polar surface area (TPSA) is 48.6 Å². The number of hydrogen-bond acceptors (Lipinski definition) is 4. The van der Waals surface area contributed by atoms with Gasteiger partial charge in [0, 0.05) is 0 Å². The average Bonchev–Trinajstić information content (AvgIpc) is 3.03. The molecular formula is C20H23N3O2. The van der Waals surface area contributed by atoms with E-state index in [1.54, 1.807) is 24.3 Å². The molecule has 0 atom stereocenters. The van der Waals surface area contributed by atoms with E-state index in [0.29, 0.717) is 18.3 Å². The lowest BCUT2D eigenvalue weighted by atomic mass is 10.1. The van der Waals surface area contributed by atoms with Crippen LogP contribution >= 0.6 is 0 Å². The number of para-hydroxylation sites is 2. The van der Waals surface area contributed by atoms with Gasteiger partial charge in [0.25, 0.3) is 0 Å². The molecule has 0 amide bonds. The lowest BCUT2D eigenvalue weighted by Gasteiger charge is -2.12. The first-order valence-corrected chi connectivity index (χ1v) is 8.44. The number of imidazole rings is 1. The fraction of sp³-hybridized carbons (Fsp3) is 0.300. The van der Waals surface area contributed by atoms with Gasteiger partial charge in [0.05, 0.1) is 31.0 Å². The molecule has 2 aromatic carbocycles. The summed E-state index contributed by atoms with van der Waals surface area (Å²) >= 11 is 0. The lowest BCUT2D eigenvalue weighted by Crippen LogP contribution is -2.03. The van der Waals surface area contributed by atoms with Crippen molar-refractivity contribution in [1.82, 2.24) is 9.66 Å². The molecule has 3 aromatic rings. The van der Waals surface area contributed by atoms with E-state index in [-0.39, 0.29) is 0 Å². The SMILES string of the molecule is COc1cc(/C=N\n2cnc3ccccc32)ccc1OCCC(C)C. The lowest BCUT2D eigenvalue weighted by molar-refractivity contribution is 0.273. The van der Waals surface area contributed by atoms with Gasteiger partial charge < -0.3 is 9.47 Å². The summed E-state index contributed by atoms with van der Waals surface area (Å²) < 4.78 is 13.0. The third-order valence-corrected chi connectivity index (χ3v) is 3.91. The number of aromatic nitrogens is 2. The summed E-state index contributed by atoms with van der Waals surface area (Å²) in [6, 6.07) is 13.7. The van der Waals surface area contributed by atoms with Crippen LogP contribution in [-0.2, 0) is 0 Å². The van der Waals surface area contributed by atoms with Crippen molar-refractivity contribution in [1.29, 1.82) is 0 Å². The van der Waals surface area contributed by atoms with Crippen LogP contribution < -0.4 is 9.47 Å². The Hall–Kier alpha value is -2.82. The summed E-state index contributed by atoms with van der Waals surface area (Å²) in [6.45, 7) is 5.04. The smallest absolute Gasteiger partial charge is 0.161 e. The Morgan fingerprint density at radius 3 is 2.80 bits per heavy atom. The van der Waals surface area contributed by atoms with Gasteiger partial charge in [-0.25, -0.2) is 9.66 Å². The van der Waals surface area contributed by atoms with Crippen molar-refractivity contribution in [3.63, 3.8) is 0 Å². The fourth-order valence-corrected chi connectivity index (χ4v) is 2.46. The second-order valence-electron chi connectivity index (χ2n) is 6.26. The van der Waals surface area contributed by atoms with Crippen molar-refractivity contribution < 1.29 is 9.47 Å². The van der Waals surface area contributed by atoms with Crippen molar-refractivity contribution in [3.05, 3.63) is 54.4 Å². The Labute approximate surface area is 147 Å². The minimum Gasteiger partial charge on any atom is -0.493 e. The number of hydrogen-bond donors (Lipinski definition) is 0. The van der Waals surface area contributed by atoms with Gasteiger partial charge in [-0.1, -0.05) is 26.0 Å². The third kappa shape index (κ3) is 4.18. The number of ether oxygens (including phenoxy) is 2. The van der Waals surface area contributed by atoms with E-state index in [9.17, 15) is 0 Å². The third-order valence-electron chi connectivity index (χ3n) is 3.91. The van der Waals surface area contributed by atoms with Crippen LogP contribution in [0.3, 0.4) is 0 Å². The highest BCUT2D eigenvalue weighted by Gasteiger charge is 2.06. The zero-order valence-electron chi connectivity index (χ0n) is 14.8. The summed E-state index contributed by atoms with van der Waals surface area (Å²) in [5.74, 6) is 2.08. The molecular weight excluding hydrogens is 314 g/mol. The molecule has 0 radical (unpaired) electrons. The molecule has 0 fully saturated rings. The molecule has 0 N–H and O–H groups in total. The monoisotopic (exact) mass is 337 g/mol. The van der Waals surface area contributed by atoms with Crippen molar-refractivity contribution >= 4 is 17.2 Å². The molecule has 25 heavy (non-hydrogen) atoms. The average molecular weight is 337 g/mol. The van der Waals surface area contributed by atoms with E-state index in [1.807, 2.05) is 42.5 Å². The number of fused-ring (bicyclic) bond motifs is 1. The van der Waals surface area contributed by atoms with E-state index >= 15 is 0 Å². The van der Waals surface area contributed by atoms with Gasteiger partial charge in [-0.2, -0.15) is 5.10 Å². The molecule has 3 rings (SSSR count). The van der Waals surface area contributed by atoms with Crippen molar-refractivity contribution in [3.8, 4) is 11.5 Å². The first-order valence-electron chi connectivity index (χ1n) is 8.44. The van der Waals surface area contributed by atoms with Crippen LogP contribution in [0.2, 0.25) is 0 Å². The minimum absolute atomic E-state index is 0.613. The maximum atomic E-state index is 5.82. The molecule has 5 heteroatoms. The summed E-state index contributed by atoms with van der Waals surface area (Å²) in [5.41, 5.74) is 2.83. The first kappa shape index (κ1) is 17.0. The van der Waals surface area contributed by atoms with Crippen LogP contribution in [0, 0.1) is 5.92 Å². The van der Waals surface area contributed by atoms with Crippen LogP contribution in [0.15, 0.2) is 53.9 Å². The predicted molar refractivity (Wildman–Crippen MR) is 101 cm³/mol. The Kier molecular flexibility index (Phi) is 5.33. The molecule has 1 heterocycles. The quantitative estimate of drug-likeness (QED) is 0.602. The fourth-order valence-electron chi connectivity index (χ4n) is 2.46. The van der Waals surface area contributed by atoms with Gasteiger partial charge >= 0.3 is 0 Å². The predicted octanol–water partition coefficient (Wildman–Crippen LogP) is 4.35. The molecule has 1 aromatic heterocycles. The Bertz CT molecular complexity index is 868. The van der Waals surface area contributed by atoms with Crippen LogP contribution in [0.1, 0.15) is 25.8 Å². The molecule has 0 spiro atoms. The van der Waals surface area contributed by atoms with E-state index in [4.69, 9.17) is 9.47 Å². The highest BCUT2D eigenvalue weighted by atomic mass is 16.5. The summed E-state index contributed by atoms with van der Waals surface area (Å²) in [7, 11) is 1.65. The Balaban J connectivity index is 1.76. The number of methoxy groups -OCH3 is 1. The van der Waals surface area contributed by atoms with Gasteiger partial charge in [0.2, 0.25) is 0 Å². The van der Waals surface area contributed by atoms with Crippen LogP contribution in [0.5, 0.6) is 11.5 Å². The van der Waals surface area contributed by atoms with E-state index in [2.05, 4.69) is 23.9 Å². The van der Waals surface area contributed by atoms with Crippen LogP contribution in [0.25, 0.3) is 11.0 Å². The second-order valence-corrected chi connectivity index (χ2v) is 6.26. The molecule has 0 saturated carbocycles. The molecule has 0 aliphatic carbocycles. The van der Waals surface area contributed by atoms with Gasteiger partial charge in [-0.05, 0) is 48.2 Å². The Morgan fingerprint density at radius 2 is 2.00 bits per heavy atom. The maximum absolute atomic E-state index is 5.82. The summed E-state index contributed by atoms with van der Waals surface area (Å²) in [6.07, 6.45) is 4.51. The molecule has 130 valence electrons. The van der Waals surface area contributed by atoms with Crippen LogP contribution in [-0.4, -0.2) is 29.6 Å². The highest BCUT2D eigenvalue weighted by molar-refractivity contribution is 5.82. The molecule has 0 saturated heterocycles. The summed E-state index contributed by atoms with van der Waals surface area (Å²) in [5, 5.41) is 4.49. The molecule has 0 unspecified atom stereocenters. The highest BCUT2D eigenvalue weighted by Crippen LogP contribution is 2.28. The van der Waals surface area contributed by atoms with E-state index in [1.165, 1.54) is 0 Å². The minimum atomic E-state index is 0.613. The zero-order chi connectivity index (χ0) is 17.6. The van der Waals surface area contributed by atoms with Crippen molar-refractivity contribution in [2.24, 2.45) is 11.0 Å². The van der Waals surface area contributed by atoms with E-state index in [0.717, 1.165) is 28.8 Å². The zero-order valence-corrected chi connectivity index (χ0v) is 14.8. The molecule has 5 nitrogen and oxygen atoms in total. The normalized spacial score (nSPS) is 11.5. The van der Waals surface area contributed by atoms with Gasteiger partial charge in [0.1, 0.15) is 6.33 Å².